The van der Waals surface area contributed by atoms with Crippen LogP contribution in [0.4, 0.5) is 18.9 Å². The summed E-state index contributed by atoms with van der Waals surface area (Å²) in [6.07, 6.45) is -0.00819. The van der Waals surface area contributed by atoms with E-state index in [9.17, 15) is 18.0 Å². The molecule has 9 heteroatoms. The summed E-state index contributed by atoms with van der Waals surface area (Å²) < 4.78 is 51.7. The van der Waals surface area contributed by atoms with E-state index < -0.39 is 29.4 Å². The Hall–Kier alpha value is -3.17. The number of alkyl halides is 2. The van der Waals surface area contributed by atoms with Crippen molar-refractivity contribution in [3.63, 3.8) is 0 Å². The number of halogens is 3. The van der Waals surface area contributed by atoms with E-state index in [1.165, 1.54) is 19.2 Å². The second kappa shape index (κ2) is 9.99. The number of nitrogens with one attached hydrogen (secondary N) is 2. The third-order valence-corrected chi connectivity index (χ3v) is 6.39. The van der Waals surface area contributed by atoms with E-state index in [1.54, 1.807) is 25.4 Å². The smallest absolute Gasteiger partial charge is 0.338 e. The number of ether oxygens (including phenoxy) is 2. The molecule has 0 bridgehead atoms. The van der Waals surface area contributed by atoms with Crippen molar-refractivity contribution in [1.29, 1.82) is 0 Å². The number of carbonyl (C=O) groups excluding carboxylic acids is 1. The van der Waals surface area contributed by atoms with Gasteiger partial charge in [0.2, 0.25) is 0 Å². The number of piperidine rings is 1. The summed E-state index contributed by atoms with van der Waals surface area (Å²) in [6.45, 7) is 1.45. The van der Waals surface area contributed by atoms with Gasteiger partial charge < -0.3 is 20.1 Å². The molecule has 2 heterocycles. The van der Waals surface area contributed by atoms with Gasteiger partial charge in [-0.15, -0.1) is 0 Å². The van der Waals surface area contributed by atoms with Crippen LogP contribution in [-0.4, -0.2) is 38.3 Å². The van der Waals surface area contributed by atoms with Crippen LogP contribution in [-0.2, 0) is 21.6 Å². The van der Waals surface area contributed by atoms with Gasteiger partial charge >= 0.3 is 5.97 Å². The summed E-state index contributed by atoms with van der Waals surface area (Å²) in [5.41, 5.74) is 1.05. The molecule has 0 spiro atoms. The molecule has 1 saturated heterocycles. The van der Waals surface area contributed by atoms with Crippen LogP contribution in [0.15, 0.2) is 42.6 Å². The molecular weight excluding hydrogens is 447 g/mol. The predicted molar refractivity (Wildman–Crippen MR) is 123 cm³/mol. The van der Waals surface area contributed by atoms with Crippen molar-refractivity contribution in [1.82, 2.24) is 10.3 Å². The van der Waals surface area contributed by atoms with Gasteiger partial charge in [-0.3, -0.25) is 4.98 Å². The van der Waals surface area contributed by atoms with Crippen LogP contribution in [0, 0.1) is 5.82 Å². The predicted octanol–water partition coefficient (Wildman–Crippen LogP) is 4.94. The lowest BCUT2D eigenvalue weighted by Gasteiger charge is -2.38. The maximum Gasteiger partial charge on any atom is 0.338 e. The van der Waals surface area contributed by atoms with Crippen LogP contribution < -0.4 is 10.6 Å². The van der Waals surface area contributed by atoms with E-state index in [0.29, 0.717) is 40.6 Å². The SMILES string of the molecule is COC(=O)c1cc2nccc(NCc3cccc(C(F)F)c3F)c2cc1C1(OC)CCNCC1. The first kappa shape index (κ1) is 24.0. The van der Waals surface area contributed by atoms with Gasteiger partial charge in [0, 0.05) is 36.5 Å². The van der Waals surface area contributed by atoms with Crippen LogP contribution in [0.1, 0.15) is 46.3 Å². The van der Waals surface area contributed by atoms with E-state index in [-0.39, 0.29) is 12.1 Å². The summed E-state index contributed by atoms with van der Waals surface area (Å²) in [5.74, 6) is -1.41. The van der Waals surface area contributed by atoms with E-state index in [1.807, 2.05) is 6.07 Å². The summed E-state index contributed by atoms with van der Waals surface area (Å²) in [4.78, 5) is 17.0. The number of aromatic nitrogens is 1. The number of rotatable bonds is 7. The topological polar surface area (TPSA) is 72.5 Å². The molecule has 0 amide bonds. The van der Waals surface area contributed by atoms with Gasteiger partial charge in [-0.1, -0.05) is 18.2 Å². The van der Waals surface area contributed by atoms with Crippen molar-refractivity contribution >= 4 is 22.6 Å². The maximum atomic E-state index is 14.5. The quantitative estimate of drug-likeness (QED) is 0.474. The van der Waals surface area contributed by atoms with Crippen LogP contribution in [0.2, 0.25) is 0 Å². The molecule has 0 aliphatic carbocycles. The molecule has 1 aliphatic rings. The molecule has 0 radical (unpaired) electrons. The number of methoxy groups -OCH3 is 2. The van der Waals surface area contributed by atoms with Gasteiger partial charge in [-0.05, 0) is 49.7 Å². The Bertz CT molecular complexity index is 1200. The molecule has 1 aliphatic heterocycles. The lowest BCUT2D eigenvalue weighted by atomic mass is 9.81. The van der Waals surface area contributed by atoms with Crippen LogP contribution in [0.3, 0.4) is 0 Å². The zero-order chi connectivity index (χ0) is 24.3. The number of pyridine rings is 1. The minimum Gasteiger partial charge on any atom is -0.465 e. The second-order valence-corrected chi connectivity index (χ2v) is 8.19. The number of carbonyl (C=O) groups is 1. The minimum atomic E-state index is -2.89. The summed E-state index contributed by atoms with van der Waals surface area (Å²) in [7, 11) is 2.95. The van der Waals surface area contributed by atoms with E-state index in [0.717, 1.165) is 19.2 Å². The molecule has 0 unspecified atom stereocenters. The molecule has 34 heavy (non-hydrogen) atoms. The van der Waals surface area contributed by atoms with E-state index >= 15 is 0 Å². The average molecular weight is 473 g/mol. The van der Waals surface area contributed by atoms with Gasteiger partial charge in [0.25, 0.3) is 6.43 Å². The maximum absolute atomic E-state index is 14.5. The largest absolute Gasteiger partial charge is 0.465 e. The normalized spacial score (nSPS) is 15.5. The van der Waals surface area contributed by atoms with Crippen molar-refractivity contribution in [2.24, 2.45) is 0 Å². The molecule has 1 aromatic heterocycles. The van der Waals surface area contributed by atoms with Crippen molar-refractivity contribution in [3.05, 3.63) is 70.7 Å². The van der Waals surface area contributed by atoms with Gasteiger partial charge in [0.05, 0.1) is 29.4 Å². The first-order valence-corrected chi connectivity index (χ1v) is 11.0. The molecule has 1 fully saturated rings. The molecule has 2 N–H and O–H groups in total. The molecule has 4 rings (SSSR count). The lowest BCUT2D eigenvalue weighted by molar-refractivity contribution is -0.0398. The fraction of sp³-hybridized carbons (Fsp3) is 0.360. The van der Waals surface area contributed by atoms with Crippen LogP contribution >= 0.6 is 0 Å². The number of hydrogen-bond acceptors (Lipinski definition) is 6. The molecular formula is C25H26F3N3O3. The highest BCUT2D eigenvalue weighted by Crippen LogP contribution is 2.39. The minimum absolute atomic E-state index is 0.00106. The number of esters is 1. The average Bonchev–Trinajstić information content (AvgIpc) is 2.87. The molecule has 180 valence electrons. The van der Waals surface area contributed by atoms with Gasteiger partial charge in [-0.2, -0.15) is 0 Å². The standard InChI is InChI=1S/C25H26F3N3O3/c1-33-24(32)17-13-21-18(12-19(17)25(34-2)7-10-29-11-8-25)20(6-9-30-21)31-14-15-4-3-5-16(22(15)26)23(27)28/h3-6,9,12-13,23,29H,7-8,10-11,14H2,1-2H3,(H,30,31). The number of anilines is 1. The first-order valence-electron chi connectivity index (χ1n) is 11.0. The van der Waals surface area contributed by atoms with Crippen LogP contribution in [0.25, 0.3) is 10.9 Å². The number of nitrogens with zero attached hydrogens (tertiary/aromatic N) is 1. The number of hydrogen-bond donors (Lipinski definition) is 2. The number of benzene rings is 2. The summed E-state index contributed by atoms with van der Waals surface area (Å²) >= 11 is 0. The fourth-order valence-electron chi connectivity index (χ4n) is 4.51. The van der Waals surface area contributed by atoms with Crippen LogP contribution in [0.5, 0.6) is 0 Å². The van der Waals surface area contributed by atoms with Gasteiger partial charge in [0.15, 0.2) is 0 Å². The zero-order valence-electron chi connectivity index (χ0n) is 19.0. The van der Waals surface area contributed by atoms with E-state index in [2.05, 4.69) is 15.6 Å². The Morgan fingerprint density at radius 1 is 1.21 bits per heavy atom. The molecule has 0 atom stereocenters. The highest BCUT2D eigenvalue weighted by atomic mass is 19.3. The third-order valence-electron chi connectivity index (χ3n) is 6.39. The Kier molecular flexibility index (Phi) is 7.04. The van der Waals surface area contributed by atoms with Gasteiger partial charge in [0.1, 0.15) is 5.82 Å². The zero-order valence-corrected chi connectivity index (χ0v) is 19.0. The fourth-order valence-corrected chi connectivity index (χ4v) is 4.51. The first-order chi connectivity index (χ1) is 16.4. The second-order valence-electron chi connectivity index (χ2n) is 8.19. The highest BCUT2D eigenvalue weighted by molar-refractivity contribution is 6.00. The monoisotopic (exact) mass is 473 g/mol. The van der Waals surface area contributed by atoms with Gasteiger partial charge in [-0.25, -0.2) is 18.0 Å². The lowest BCUT2D eigenvalue weighted by Crippen LogP contribution is -2.42. The molecule has 3 aromatic rings. The Morgan fingerprint density at radius 2 is 1.97 bits per heavy atom. The summed E-state index contributed by atoms with van der Waals surface area (Å²) in [6, 6.07) is 9.20. The highest BCUT2D eigenvalue weighted by Gasteiger charge is 2.37. The Balaban J connectivity index is 1.78. The third kappa shape index (κ3) is 4.45. The Labute approximate surface area is 195 Å². The van der Waals surface area contributed by atoms with E-state index in [4.69, 9.17) is 9.47 Å². The Morgan fingerprint density at radius 3 is 2.65 bits per heavy atom. The van der Waals surface area contributed by atoms with Crippen molar-refractivity contribution in [2.75, 3.05) is 32.6 Å². The van der Waals surface area contributed by atoms with Crippen molar-refractivity contribution in [3.8, 4) is 0 Å². The van der Waals surface area contributed by atoms with Crippen molar-refractivity contribution < 1.29 is 27.4 Å². The molecule has 0 saturated carbocycles. The summed E-state index contributed by atoms with van der Waals surface area (Å²) in [5, 5.41) is 7.14. The molecule has 2 aromatic carbocycles. The molecule has 6 nitrogen and oxygen atoms in total. The van der Waals surface area contributed by atoms with Crippen molar-refractivity contribution in [2.45, 2.75) is 31.4 Å². The number of fused-ring (bicyclic) bond motifs is 1.